The summed E-state index contributed by atoms with van der Waals surface area (Å²) >= 11 is 19.5. The Balaban J connectivity index is 1.59. The largest absolute Gasteiger partial charge is 0.324 e. The number of thioether (sulfide) groups is 1. The minimum absolute atomic E-state index is 0.102. The van der Waals surface area contributed by atoms with Crippen LogP contribution in [0.25, 0.3) is 17.1 Å². The molecule has 0 bridgehead atoms. The molecule has 0 aliphatic carbocycles. The predicted molar refractivity (Wildman–Crippen MR) is 125 cm³/mol. The van der Waals surface area contributed by atoms with Crippen molar-refractivity contribution in [3.63, 3.8) is 0 Å². The highest BCUT2D eigenvalue weighted by Crippen LogP contribution is 2.31. The van der Waals surface area contributed by atoms with Crippen LogP contribution in [-0.2, 0) is 4.79 Å². The van der Waals surface area contributed by atoms with E-state index in [-0.39, 0.29) is 11.7 Å². The fourth-order valence-corrected chi connectivity index (χ4v) is 4.02. The number of hydrogen-bond donors (Lipinski definition) is 1. The summed E-state index contributed by atoms with van der Waals surface area (Å²) in [5.74, 6) is 0.487. The fourth-order valence-electron chi connectivity index (χ4n) is 2.79. The number of benzene rings is 2. The van der Waals surface area contributed by atoms with E-state index in [2.05, 4.69) is 20.5 Å². The minimum atomic E-state index is -0.245. The zero-order valence-corrected chi connectivity index (χ0v) is 18.9. The summed E-state index contributed by atoms with van der Waals surface area (Å²) in [5.41, 5.74) is 2.12. The fraction of sp³-hybridized carbons (Fsp3) is 0.0476. The van der Waals surface area contributed by atoms with E-state index in [0.717, 1.165) is 11.3 Å². The third kappa shape index (κ3) is 5.02. The highest BCUT2D eigenvalue weighted by molar-refractivity contribution is 7.99. The molecule has 4 aromatic rings. The summed E-state index contributed by atoms with van der Waals surface area (Å²) in [6, 6.07) is 16.1. The zero-order chi connectivity index (χ0) is 21.8. The Morgan fingerprint density at radius 2 is 1.71 bits per heavy atom. The molecule has 0 aliphatic rings. The minimum Gasteiger partial charge on any atom is -0.324 e. The van der Waals surface area contributed by atoms with E-state index in [4.69, 9.17) is 34.8 Å². The third-order valence-corrected chi connectivity index (χ3v) is 6.21. The summed E-state index contributed by atoms with van der Waals surface area (Å²) in [6.45, 7) is 0. The molecule has 156 valence electrons. The highest BCUT2D eigenvalue weighted by Gasteiger charge is 2.18. The smallest absolute Gasteiger partial charge is 0.234 e. The second-order valence-electron chi connectivity index (χ2n) is 6.29. The van der Waals surface area contributed by atoms with Gasteiger partial charge in [-0.2, -0.15) is 0 Å². The first kappa shape index (κ1) is 21.6. The summed E-state index contributed by atoms with van der Waals surface area (Å²) in [4.78, 5) is 16.6. The molecule has 4 rings (SSSR count). The van der Waals surface area contributed by atoms with Gasteiger partial charge in [0, 0.05) is 28.7 Å². The standard InChI is InChI=1S/C21H14Cl3N5OS/c22-14-4-6-15(7-5-14)29-20(13-8-10-25-11-9-13)27-28-21(29)31-12-18(30)26-17-3-1-2-16(23)19(17)24/h1-11H,12H2,(H,26,30). The Kier molecular flexibility index (Phi) is 6.77. The van der Waals surface area contributed by atoms with E-state index < -0.39 is 0 Å². The lowest BCUT2D eigenvalue weighted by Gasteiger charge is -2.11. The molecule has 0 aliphatic heterocycles. The number of aromatic nitrogens is 4. The first-order valence-electron chi connectivity index (χ1n) is 9.01. The molecule has 0 fully saturated rings. The molecule has 0 saturated heterocycles. The second kappa shape index (κ2) is 9.70. The molecule has 1 amide bonds. The summed E-state index contributed by atoms with van der Waals surface area (Å²) < 4.78 is 1.87. The van der Waals surface area contributed by atoms with Gasteiger partial charge in [-0.3, -0.25) is 14.3 Å². The van der Waals surface area contributed by atoms with E-state index in [9.17, 15) is 4.79 Å². The predicted octanol–water partition coefficient (Wildman–Crippen LogP) is 6.02. The van der Waals surface area contributed by atoms with Gasteiger partial charge in [-0.15, -0.1) is 10.2 Å². The van der Waals surface area contributed by atoms with Gasteiger partial charge in [-0.05, 0) is 48.5 Å². The number of hydrogen-bond acceptors (Lipinski definition) is 5. The monoisotopic (exact) mass is 489 g/mol. The number of rotatable bonds is 6. The van der Waals surface area contributed by atoms with Crippen molar-refractivity contribution in [2.75, 3.05) is 11.1 Å². The maximum absolute atomic E-state index is 12.5. The Hall–Kier alpha value is -2.58. The van der Waals surface area contributed by atoms with Crippen LogP contribution in [0.1, 0.15) is 0 Å². The molecule has 2 heterocycles. The number of halogens is 3. The average Bonchev–Trinajstić information content (AvgIpc) is 3.21. The van der Waals surface area contributed by atoms with Crippen LogP contribution in [0.2, 0.25) is 15.1 Å². The van der Waals surface area contributed by atoms with Gasteiger partial charge in [0.1, 0.15) is 0 Å². The molecule has 2 aromatic carbocycles. The van der Waals surface area contributed by atoms with Crippen molar-refractivity contribution in [1.29, 1.82) is 0 Å². The van der Waals surface area contributed by atoms with Crippen LogP contribution in [0.4, 0.5) is 5.69 Å². The molecule has 0 atom stereocenters. The second-order valence-corrected chi connectivity index (χ2v) is 8.46. The number of nitrogens with one attached hydrogen (secondary N) is 1. The lowest BCUT2D eigenvalue weighted by atomic mass is 10.2. The molecule has 2 aromatic heterocycles. The Morgan fingerprint density at radius 1 is 0.968 bits per heavy atom. The van der Waals surface area contributed by atoms with Crippen molar-refractivity contribution in [2.45, 2.75) is 5.16 Å². The van der Waals surface area contributed by atoms with E-state index >= 15 is 0 Å². The lowest BCUT2D eigenvalue weighted by Crippen LogP contribution is -2.15. The quantitative estimate of drug-likeness (QED) is 0.335. The number of anilines is 1. The normalized spacial score (nSPS) is 10.8. The van der Waals surface area contributed by atoms with Gasteiger partial charge in [0.05, 0.1) is 21.5 Å². The van der Waals surface area contributed by atoms with Crippen LogP contribution in [0.15, 0.2) is 72.1 Å². The summed E-state index contributed by atoms with van der Waals surface area (Å²) in [7, 11) is 0. The Labute approximate surface area is 197 Å². The van der Waals surface area contributed by atoms with Crippen molar-refractivity contribution in [3.05, 3.63) is 82.1 Å². The molecule has 6 nitrogen and oxygen atoms in total. The zero-order valence-electron chi connectivity index (χ0n) is 15.8. The van der Waals surface area contributed by atoms with Crippen LogP contribution in [0.5, 0.6) is 0 Å². The molecule has 0 unspecified atom stereocenters. The molecule has 31 heavy (non-hydrogen) atoms. The molecule has 0 radical (unpaired) electrons. The van der Waals surface area contributed by atoms with Crippen molar-refractivity contribution in [3.8, 4) is 17.1 Å². The average molecular weight is 491 g/mol. The number of nitrogens with zero attached hydrogens (tertiary/aromatic N) is 4. The molecule has 0 saturated carbocycles. The number of amides is 1. The van der Waals surface area contributed by atoms with Crippen LogP contribution in [-0.4, -0.2) is 31.4 Å². The first-order chi connectivity index (χ1) is 15.0. The van der Waals surface area contributed by atoms with E-state index in [0.29, 0.717) is 31.7 Å². The van der Waals surface area contributed by atoms with Gasteiger partial charge in [0.2, 0.25) is 5.91 Å². The van der Waals surface area contributed by atoms with Crippen LogP contribution in [0.3, 0.4) is 0 Å². The summed E-state index contributed by atoms with van der Waals surface area (Å²) in [6.07, 6.45) is 3.37. The summed E-state index contributed by atoms with van der Waals surface area (Å²) in [5, 5.41) is 13.2. The topological polar surface area (TPSA) is 72.7 Å². The maximum Gasteiger partial charge on any atom is 0.234 e. The SMILES string of the molecule is O=C(CSc1nnc(-c2ccncc2)n1-c1ccc(Cl)cc1)Nc1cccc(Cl)c1Cl. The van der Waals surface area contributed by atoms with Crippen molar-refractivity contribution in [2.24, 2.45) is 0 Å². The van der Waals surface area contributed by atoms with Crippen molar-refractivity contribution in [1.82, 2.24) is 19.7 Å². The molecular formula is C21H14Cl3N5OS. The van der Waals surface area contributed by atoms with Crippen LogP contribution < -0.4 is 5.32 Å². The van der Waals surface area contributed by atoms with Gasteiger partial charge < -0.3 is 5.32 Å². The number of carbonyl (C=O) groups excluding carboxylic acids is 1. The van der Waals surface area contributed by atoms with Crippen LogP contribution in [0, 0.1) is 0 Å². The molecule has 10 heteroatoms. The number of carbonyl (C=O) groups is 1. The highest BCUT2D eigenvalue weighted by atomic mass is 35.5. The van der Waals surface area contributed by atoms with Crippen molar-refractivity contribution >= 4 is 58.2 Å². The molecule has 0 spiro atoms. The maximum atomic E-state index is 12.5. The van der Waals surface area contributed by atoms with Gasteiger partial charge in [-0.25, -0.2) is 0 Å². The van der Waals surface area contributed by atoms with Gasteiger partial charge in [-0.1, -0.05) is 52.6 Å². The third-order valence-electron chi connectivity index (χ3n) is 4.21. The Bertz CT molecular complexity index is 1220. The molecular weight excluding hydrogens is 477 g/mol. The number of pyridine rings is 1. The van der Waals surface area contributed by atoms with Gasteiger partial charge in [0.25, 0.3) is 0 Å². The van der Waals surface area contributed by atoms with E-state index in [1.54, 1.807) is 42.7 Å². The first-order valence-corrected chi connectivity index (χ1v) is 11.1. The Morgan fingerprint density at radius 3 is 2.45 bits per heavy atom. The van der Waals surface area contributed by atoms with Crippen LogP contribution >= 0.6 is 46.6 Å². The molecule has 1 N–H and O–H groups in total. The lowest BCUT2D eigenvalue weighted by molar-refractivity contribution is -0.113. The van der Waals surface area contributed by atoms with E-state index in [1.165, 1.54) is 11.8 Å². The van der Waals surface area contributed by atoms with Gasteiger partial charge >= 0.3 is 0 Å². The van der Waals surface area contributed by atoms with Gasteiger partial charge in [0.15, 0.2) is 11.0 Å². The van der Waals surface area contributed by atoms with Crippen molar-refractivity contribution < 1.29 is 4.79 Å². The van der Waals surface area contributed by atoms with E-state index in [1.807, 2.05) is 28.8 Å².